The average molecular weight is 1180 g/mol. The van der Waals surface area contributed by atoms with Gasteiger partial charge in [-0.3, -0.25) is 38.1 Å². The Bertz CT molecular complexity index is 2880. The number of likely N-dealkylation sites (N-methyl/N-ethyl adjacent to an activating group) is 1. The molecule has 456 valence electrons. The van der Waals surface area contributed by atoms with Gasteiger partial charge in [0, 0.05) is 20.6 Å². The van der Waals surface area contributed by atoms with E-state index >= 15 is 9.59 Å². The van der Waals surface area contributed by atoms with Gasteiger partial charge in [-0.05, 0) is 117 Å². The molecule has 9 N–H and O–H groups in total. The van der Waals surface area contributed by atoms with E-state index in [0.29, 0.717) is 34.4 Å². The van der Waals surface area contributed by atoms with Crippen LogP contribution < -0.4 is 31.3 Å². The molecule has 2 saturated heterocycles. The fourth-order valence-electron chi connectivity index (χ4n) is 9.76. The molecule has 0 spiro atoms. The van der Waals surface area contributed by atoms with Crippen LogP contribution in [0.4, 0.5) is 0 Å². The lowest BCUT2D eigenvalue weighted by atomic mass is 9.91. The molecule has 3 aromatic rings. The summed E-state index contributed by atoms with van der Waals surface area (Å²) in [4.78, 5) is 120. The summed E-state index contributed by atoms with van der Waals surface area (Å²) in [7, 11) is -1.18. The maximum absolute atomic E-state index is 15.2. The minimum Gasteiger partial charge on any atom is -0.508 e. The van der Waals surface area contributed by atoms with Crippen molar-refractivity contribution in [2.75, 3.05) is 27.9 Å². The predicted molar refractivity (Wildman–Crippen MR) is 299 cm³/mol. The predicted octanol–water partition coefficient (Wildman–Crippen LogP) is 1.66. The second kappa shape index (κ2) is 30.2. The Balaban J connectivity index is 1.66. The molecule has 2 heterocycles. The van der Waals surface area contributed by atoms with Gasteiger partial charge in [-0.1, -0.05) is 76.9 Å². The van der Waals surface area contributed by atoms with Gasteiger partial charge in [-0.2, -0.15) is 8.42 Å². The molecule has 5 unspecified atom stereocenters. The highest BCUT2D eigenvalue weighted by atomic mass is 32.3. The Kier molecular flexibility index (Phi) is 24.2. The molecule has 7 amide bonds. The number of hydrogen-bond donors (Lipinski definition) is 9. The maximum atomic E-state index is 15.2. The number of aryl methyl sites for hydroxylation is 3. The molecule has 25 nitrogen and oxygen atoms in total. The first-order chi connectivity index (χ1) is 39.2. The van der Waals surface area contributed by atoms with E-state index in [2.05, 4.69) is 30.8 Å². The molecule has 2 fully saturated rings. The average Bonchev–Trinajstić information content (AvgIpc) is 3.39. The van der Waals surface area contributed by atoms with E-state index in [-0.39, 0.29) is 62.9 Å². The zero-order chi connectivity index (χ0) is 61.5. The van der Waals surface area contributed by atoms with Gasteiger partial charge in [0.2, 0.25) is 35.4 Å². The monoisotopic (exact) mass is 1180 g/mol. The van der Waals surface area contributed by atoms with Crippen molar-refractivity contribution in [2.24, 2.45) is 11.8 Å². The molecule has 0 saturated carbocycles. The Labute approximate surface area is 483 Å². The van der Waals surface area contributed by atoms with E-state index in [1.165, 1.54) is 39.3 Å². The Morgan fingerprint density at radius 3 is 2.05 bits per heavy atom. The fraction of sp³-hybridized carbons (Fsp3) is 0.544. The molecule has 2 aliphatic heterocycles. The summed E-state index contributed by atoms with van der Waals surface area (Å²) in [6.45, 7) is 8.79. The van der Waals surface area contributed by atoms with Crippen LogP contribution in [-0.4, -0.2) is 174 Å². The number of nitrogens with zero attached hydrogens (tertiary/aromatic N) is 2. The minimum atomic E-state index is -5.06. The maximum Gasteiger partial charge on any atom is 0.397 e. The number of methoxy groups -OCH3 is 2. The molecular weight excluding hydrogens is 1100 g/mol. The number of piperidine rings is 1. The number of ether oxygens (including phenoxy) is 3. The Hall–Kier alpha value is -7.39. The van der Waals surface area contributed by atoms with Crippen LogP contribution in [0.25, 0.3) is 0 Å². The summed E-state index contributed by atoms with van der Waals surface area (Å²) in [5.41, 5.74) is 2.27. The van der Waals surface area contributed by atoms with E-state index in [0.717, 1.165) is 16.9 Å². The van der Waals surface area contributed by atoms with Crippen molar-refractivity contribution >= 4 is 57.7 Å². The number of esters is 1. The van der Waals surface area contributed by atoms with Gasteiger partial charge in [0.25, 0.3) is 5.91 Å². The third kappa shape index (κ3) is 18.3. The minimum absolute atomic E-state index is 0.00128. The molecule has 3 aromatic carbocycles. The second-order valence-electron chi connectivity index (χ2n) is 21.1. The van der Waals surface area contributed by atoms with E-state index in [9.17, 15) is 57.1 Å². The fourth-order valence-corrected chi connectivity index (χ4v) is 10.1. The number of aliphatic hydroxyl groups is 1. The first kappa shape index (κ1) is 66.4. The number of carbonyl (C=O) groups is 8. The number of hydrogen-bond acceptors (Lipinski definition) is 17. The summed E-state index contributed by atoms with van der Waals surface area (Å²) in [5, 5.41) is 45.1. The number of rotatable bonds is 21. The van der Waals surface area contributed by atoms with E-state index in [1.807, 2.05) is 0 Å². The van der Waals surface area contributed by atoms with Crippen LogP contribution in [0.5, 0.6) is 17.2 Å². The van der Waals surface area contributed by atoms with Gasteiger partial charge >= 0.3 is 16.4 Å². The lowest BCUT2D eigenvalue weighted by Crippen LogP contribution is -2.66. The van der Waals surface area contributed by atoms with E-state index < -0.39 is 137 Å². The van der Waals surface area contributed by atoms with Gasteiger partial charge in [0.15, 0.2) is 6.10 Å². The quantitative estimate of drug-likeness (QED) is 0.0541. The molecule has 26 heteroatoms. The third-order valence-corrected chi connectivity index (χ3v) is 15.7. The highest BCUT2D eigenvalue weighted by Crippen LogP contribution is 2.29. The van der Waals surface area contributed by atoms with Crippen LogP contribution in [0.2, 0.25) is 0 Å². The van der Waals surface area contributed by atoms with Crippen molar-refractivity contribution in [3.63, 3.8) is 0 Å². The van der Waals surface area contributed by atoms with Crippen molar-refractivity contribution in [2.45, 2.75) is 160 Å². The Morgan fingerprint density at radius 1 is 0.807 bits per heavy atom. The highest BCUT2D eigenvalue weighted by Gasteiger charge is 2.47. The highest BCUT2D eigenvalue weighted by molar-refractivity contribution is 7.80. The SMILES string of the molecule is CCC(C)C1C(=O)N(C)[C@@H](Cc2ccc(OC)cc2)C(=O)N[C@@H](C(C)CC)C(=O)O[C@H](C)C(NC(=O)[C@H](CCc2ccc(O)cc2)NC(=O)[C@@H](COS(=O)(=O)O)OC)C(=O)NC(CCc2ccc(O)c(C)c2)C(=O)N[C@H]2CC[C@@H](O)N1C2=O. The molecule has 2 aliphatic rings. The number of aromatic hydroxyl groups is 2. The van der Waals surface area contributed by atoms with E-state index in [1.54, 1.807) is 83.1 Å². The number of nitrogens with one attached hydrogen (secondary N) is 5. The van der Waals surface area contributed by atoms with Crippen LogP contribution in [0.3, 0.4) is 0 Å². The molecule has 5 rings (SSSR count). The summed E-state index contributed by atoms with van der Waals surface area (Å²) in [5.74, 6) is -8.51. The second-order valence-corrected chi connectivity index (χ2v) is 22.2. The number of cyclic esters (lactones) is 1. The molecule has 2 bridgehead atoms. The van der Waals surface area contributed by atoms with Gasteiger partial charge in [-0.25, -0.2) is 8.98 Å². The van der Waals surface area contributed by atoms with Crippen LogP contribution >= 0.6 is 0 Å². The zero-order valence-corrected chi connectivity index (χ0v) is 49.0. The topological polar surface area (TPSA) is 355 Å². The van der Waals surface area contributed by atoms with Crippen LogP contribution in [0.15, 0.2) is 66.7 Å². The third-order valence-electron chi connectivity index (χ3n) is 15.3. The van der Waals surface area contributed by atoms with Gasteiger partial charge in [0.05, 0.1) is 7.11 Å². The molecular formula is C57H79N7O18S. The normalized spacial score (nSPS) is 23.8. The number of phenolic OH excluding ortho intramolecular Hbond substituents is 2. The number of aliphatic hydroxyl groups excluding tert-OH is 1. The lowest BCUT2D eigenvalue weighted by Gasteiger charge is -2.44. The first-order valence-corrected chi connectivity index (χ1v) is 28.9. The summed E-state index contributed by atoms with van der Waals surface area (Å²) in [6, 6.07) is 6.62. The summed E-state index contributed by atoms with van der Waals surface area (Å²) in [6.07, 6.45) is -4.91. The summed E-state index contributed by atoms with van der Waals surface area (Å²) >= 11 is 0. The summed E-state index contributed by atoms with van der Waals surface area (Å²) < 4.78 is 53.0. The largest absolute Gasteiger partial charge is 0.508 e. The lowest BCUT2D eigenvalue weighted by molar-refractivity contribution is -0.168. The first-order valence-electron chi connectivity index (χ1n) is 27.5. The van der Waals surface area contributed by atoms with Crippen LogP contribution in [-0.2, 0) is 81.7 Å². The number of fused-ring (bicyclic) bond motifs is 2. The molecule has 0 aromatic heterocycles. The van der Waals surface area contributed by atoms with Crippen molar-refractivity contribution in [3.8, 4) is 17.2 Å². The van der Waals surface area contributed by atoms with Crippen molar-refractivity contribution in [3.05, 3.63) is 89.0 Å². The number of benzene rings is 3. The number of carbonyl (C=O) groups excluding carboxylic acids is 8. The van der Waals surface area contributed by atoms with Gasteiger partial charge in [0.1, 0.15) is 78.5 Å². The van der Waals surface area contributed by atoms with Crippen molar-refractivity contribution in [1.29, 1.82) is 0 Å². The van der Waals surface area contributed by atoms with Crippen LogP contribution in [0.1, 0.15) is 95.4 Å². The molecule has 12 atom stereocenters. The van der Waals surface area contributed by atoms with E-state index in [4.69, 9.17) is 14.2 Å². The molecule has 0 radical (unpaired) electrons. The van der Waals surface area contributed by atoms with Crippen molar-refractivity contribution < 1.29 is 85.0 Å². The zero-order valence-electron chi connectivity index (χ0n) is 48.2. The standard InChI is InChI=1S/C57H79N7O18S/c1-10-31(3)47-57(75)82-34(6)48(62-51(69)41(23-16-35-12-19-38(65)20-13-35)58-53(71)45(80-9)30-81-83(76,77)78)54(72)59-40(24-17-36-18-26-44(66)33(5)28-36)50(68)60-42-25-27-46(67)64(55(42)73)49(32(4)11-2)56(74)63(7)43(52(70)61-47)29-37-14-21-39(79-8)22-15-37/h12-15,18-22,26,28,31-32,34,40-43,45-49,65-67H,10-11,16-17,23-25,27,29-30H2,1-9H3,(H,58,71)(H,59,72)(H,60,68)(H,61,70)(H,62,69)(H,76,77,78)/t31?,32?,34-,40?,41+,42+,43+,45-,46-,47+,48?,49?/m1/s1. The number of phenols is 2. The Morgan fingerprint density at radius 2 is 1.45 bits per heavy atom. The van der Waals surface area contributed by atoms with Gasteiger partial charge in [-0.15, -0.1) is 0 Å². The van der Waals surface area contributed by atoms with Crippen molar-refractivity contribution in [1.82, 2.24) is 36.4 Å². The number of amides is 7. The van der Waals surface area contributed by atoms with Gasteiger partial charge < -0.3 is 65.9 Å². The van der Waals surface area contributed by atoms with Crippen LogP contribution in [0, 0.1) is 18.8 Å². The molecule has 0 aliphatic carbocycles. The smallest absolute Gasteiger partial charge is 0.397 e. The molecule has 83 heavy (non-hydrogen) atoms.